The lowest BCUT2D eigenvalue weighted by Gasteiger charge is -2.27. The van der Waals surface area contributed by atoms with Gasteiger partial charge in [0.15, 0.2) is 21.3 Å². The molecule has 1 aliphatic rings. The molecule has 0 bridgehead atoms. The summed E-state index contributed by atoms with van der Waals surface area (Å²) < 4.78 is 34.6. The smallest absolute Gasteiger partial charge is 0.276 e. The number of benzene rings is 2. The van der Waals surface area contributed by atoms with Crippen molar-refractivity contribution in [3.63, 3.8) is 0 Å². The Morgan fingerprint density at radius 2 is 1.90 bits per heavy atom. The molecule has 3 aromatic rings. The first-order valence-corrected chi connectivity index (χ1v) is 11.4. The highest BCUT2D eigenvalue weighted by atomic mass is 32.2. The summed E-state index contributed by atoms with van der Waals surface area (Å²) in [6.45, 7) is 0.310. The van der Waals surface area contributed by atoms with Crippen molar-refractivity contribution in [3.05, 3.63) is 71.9 Å². The van der Waals surface area contributed by atoms with Gasteiger partial charge in [0.2, 0.25) is 0 Å². The number of sulfone groups is 1. The fraction of sp³-hybridized carbons (Fsp3) is 0.273. The second kappa shape index (κ2) is 8.31. The summed E-state index contributed by atoms with van der Waals surface area (Å²) >= 11 is 0. The molecule has 156 valence electrons. The van der Waals surface area contributed by atoms with Crippen LogP contribution in [0.15, 0.2) is 65.2 Å². The Hall–Kier alpha value is -3.13. The lowest BCUT2D eigenvalue weighted by atomic mass is 10.1. The van der Waals surface area contributed by atoms with Gasteiger partial charge in [-0.1, -0.05) is 35.5 Å². The van der Waals surface area contributed by atoms with Gasteiger partial charge in [0.25, 0.3) is 5.91 Å². The molecule has 1 saturated heterocycles. The zero-order valence-electron chi connectivity index (χ0n) is 16.5. The van der Waals surface area contributed by atoms with Crippen molar-refractivity contribution in [2.75, 3.05) is 18.6 Å². The highest BCUT2D eigenvalue weighted by Crippen LogP contribution is 2.26. The quantitative estimate of drug-likeness (QED) is 0.601. The van der Waals surface area contributed by atoms with Gasteiger partial charge in [0.1, 0.15) is 5.75 Å². The van der Waals surface area contributed by atoms with Gasteiger partial charge < -0.3 is 14.2 Å². The number of amides is 1. The van der Waals surface area contributed by atoms with Gasteiger partial charge in [0.05, 0.1) is 18.6 Å². The Balaban J connectivity index is 1.60. The Morgan fingerprint density at radius 1 is 1.17 bits per heavy atom. The maximum atomic E-state index is 13.3. The number of carbonyl (C=O) groups is 1. The van der Waals surface area contributed by atoms with Gasteiger partial charge in [-0.3, -0.25) is 4.79 Å². The van der Waals surface area contributed by atoms with E-state index < -0.39 is 9.84 Å². The van der Waals surface area contributed by atoms with Crippen LogP contribution in [0.4, 0.5) is 0 Å². The highest BCUT2D eigenvalue weighted by molar-refractivity contribution is 7.91. The first kappa shape index (κ1) is 20.2. The highest BCUT2D eigenvalue weighted by Gasteiger charge is 2.36. The average Bonchev–Trinajstić information content (AvgIpc) is 3.39. The van der Waals surface area contributed by atoms with E-state index >= 15 is 0 Å². The number of rotatable bonds is 6. The molecular weight excluding hydrogens is 404 g/mol. The zero-order valence-corrected chi connectivity index (χ0v) is 17.3. The van der Waals surface area contributed by atoms with E-state index in [2.05, 4.69) is 5.16 Å². The summed E-state index contributed by atoms with van der Waals surface area (Å²) in [5.41, 5.74) is 1.84. The van der Waals surface area contributed by atoms with Crippen LogP contribution in [0.25, 0.3) is 11.3 Å². The summed E-state index contributed by atoms with van der Waals surface area (Å²) in [6.07, 6.45) is 0.421. The van der Waals surface area contributed by atoms with Crippen LogP contribution in [0.3, 0.4) is 0 Å². The molecule has 0 aliphatic carbocycles. The SMILES string of the molecule is COc1ccc(-c2cc(C(=O)N(Cc3ccccc3)[C@H]3CCS(=O)(=O)C3)no2)cc1. The third kappa shape index (κ3) is 4.38. The van der Waals surface area contributed by atoms with Crippen molar-refractivity contribution in [1.29, 1.82) is 0 Å². The molecule has 8 heteroatoms. The van der Waals surface area contributed by atoms with Gasteiger partial charge in [-0.15, -0.1) is 0 Å². The Labute approximate surface area is 175 Å². The molecule has 0 radical (unpaired) electrons. The van der Waals surface area contributed by atoms with Gasteiger partial charge in [-0.25, -0.2) is 8.42 Å². The second-order valence-corrected chi connectivity index (χ2v) is 9.51. The summed E-state index contributed by atoms with van der Waals surface area (Å²) in [4.78, 5) is 14.9. The molecule has 2 heterocycles. The Morgan fingerprint density at radius 3 is 2.53 bits per heavy atom. The number of hydrogen-bond donors (Lipinski definition) is 0. The van der Waals surface area contributed by atoms with Crippen molar-refractivity contribution < 1.29 is 22.5 Å². The molecule has 30 heavy (non-hydrogen) atoms. The van der Waals surface area contributed by atoms with Crippen LogP contribution >= 0.6 is 0 Å². The molecule has 0 saturated carbocycles. The lowest BCUT2D eigenvalue weighted by molar-refractivity contribution is 0.0670. The van der Waals surface area contributed by atoms with Crippen LogP contribution in [0.2, 0.25) is 0 Å². The van der Waals surface area contributed by atoms with Gasteiger partial charge in [-0.05, 0) is 36.2 Å². The van der Waals surface area contributed by atoms with E-state index in [1.807, 2.05) is 42.5 Å². The van der Waals surface area contributed by atoms with Crippen molar-refractivity contribution in [2.24, 2.45) is 0 Å². The summed E-state index contributed by atoms with van der Waals surface area (Å²) in [6, 6.07) is 17.9. The average molecular weight is 426 g/mol. The molecule has 1 amide bonds. The summed E-state index contributed by atoms with van der Waals surface area (Å²) in [5, 5.41) is 3.96. The fourth-order valence-electron chi connectivity index (χ4n) is 3.58. The van der Waals surface area contributed by atoms with Gasteiger partial charge in [-0.2, -0.15) is 0 Å². The second-order valence-electron chi connectivity index (χ2n) is 7.28. The normalized spacial score (nSPS) is 17.6. The van der Waals surface area contributed by atoms with Crippen LogP contribution in [-0.4, -0.2) is 49.0 Å². The molecule has 1 fully saturated rings. The van der Waals surface area contributed by atoms with Crippen LogP contribution < -0.4 is 4.74 Å². The van der Waals surface area contributed by atoms with E-state index in [1.165, 1.54) is 0 Å². The van der Waals surface area contributed by atoms with Crippen LogP contribution in [-0.2, 0) is 16.4 Å². The number of nitrogens with zero attached hydrogens (tertiary/aromatic N) is 2. The minimum absolute atomic E-state index is 0.0330. The van der Waals surface area contributed by atoms with Gasteiger partial charge >= 0.3 is 0 Å². The third-order valence-electron chi connectivity index (χ3n) is 5.21. The predicted molar refractivity (Wildman–Crippen MR) is 112 cm³/mol. The van der Waals surface area contributed by atoms with E-state index in [9.17, 15) is 13.2 Å². The van der Waals surface area contributed by atoms with Crippen LogP contribution in [0.5, 0.6) is 5.75 Å². The molecular formula is C22H22N2O5S. The number of methoxy groups -OCH3 is 1. The summed E-state index contributed by atoms with van der Waals surface area (Å²) in [5.74, 6) is 0.885. The molecule has 2 aromatic carbocycles. The molecule has 1 aliphatic heterocycles. The van der Waals surface area contributed by atoms with Crippen LogP contribution in [0, 0.1) is 0 Å². The number of ether oxygens (including phenoxy) is 1. The van der Waals surface area contributed by atoms with Crippen molar-refractivity contribution in [1.82, 2.24) is 10.1 Å². The molecule has 4 rings (SSSR count). The Kier molecular flexibility index (Phi) is 5.59. The van der Waals surface area contributed by atoms with E-state index in [4.69, 9.17) is 9.26 Å². The maximum absolute atomic E-state index is 13.3. The zero-order chi connectivity index (χ0) is 21.1. The lowest BCUT2D eigenvalue weighted by Crippen LogP contribution is -2.40. The number of hydrogen-bond acceptors (Lipinski definition) is 6. The van der Waals surface area contributed by atoms with Crippen molar-refractivity contribution >= 4 is 15.7 Å². The minimum Gasteiger partial charge on any atom is -0.497 e. The summed E-state index contributed by atoms with van der Waals surface area (Å²) in [7, 11) is -1.55. The van der Waals surface area contributed by atoms with E-state index in [0.29, 0.717) is 24.5 Å². The van der Waals surface area contributed by atoms with E-state index in [1.54, 1.807) is 30.2 Å². The molecule has 0 spiro atoms. The topological polar surface area (TPSA) is 89.7 Å². The molecule has 1 aromatic heterocycles. The van der Waals surface area contributed by atoms with Gasteiger partial charge in [0, 0.05) is 24.2 Å². The molecule has 0 unspecified atom stereocenters. The Bertz CT molecular complexity index is 1120. The van der Waals surface area contributed by atoms with Crippen molar-refractivity contribution in [2.45, 2.75) is 19.0 Å². The first-order chi connectivity index (χ1) is 14.4. The molecule has 7 nitrogen and oxygen atoms in total. The largest absolute Gasteiger partial charge is 0.497 e. The van der Waals surface area contributed by atoms with E-state index in [0.717, 1.165) is 11.1 Å². The fourth-order valence-corrected chi connectivity index (χ4v) is 5.31. The third-order valence-corrected chi connectivity index (χ3v) is 6.96. The minimum atomic E-state index is -3.14. The predicted octanol–water partition coefficient (Wildman–Crippen LogP) is 3.18. The monoisotopic (exact) mass is 426 g/mol. The van der Waals surface area contributed by atoms with Crippen molar-refractivity contribution in [3.8, 4) is 17.1 Å². The van der Waals surface area contributed by atoms with E-state index in [-0.39, 0.29) is 29.1 Å². The van der Waals surface area contributed by atoms with Crippen LogP contribution in [0.1, 0.15) is 22.5 Å². The first-order valence-electron chi connectivity index (χ1n) is 9.61. The maximum Gasteiger partial charge on any atom is 0.276 e. The molecule has 1 atom stereocenters. The number of carbonyl (C=O) groups excluding carboxylic acids is 1. The standard InChI is InChI=1S/C22H22N2O5S/c1-28-19-9-7-17(8-10-19)21-13-20(23-29-21)22(25)24(14-16-5-3-2-4-6-16)18-11-12-30(26,27)15-18/h2-10,13,18H,11-12,14-15H2,1H3/t18-/m0/s1. The number of aromatic nitrogens is 1. The molecule has 0 N–H and O–H groups in total.